The SMILES string of the molecule is CC1(C)C(=O)C(=O)C2=Cc3ccccc3CC2(O)C1(C)C. The van der Waals surface area contributed by atoms with Crippen LogP contribution in [0.25, 0.3) is 6.08 Å². The minimum absolute atomic E-state index is 0.246. The first-order valence-corrected chi connectivity index (χ1v) is 7.24. The van der Waals surface area contributed by atoms with Crippen molar-refractivity contribution in [1.29, 1.82) is 0 Å². The van der Waals surface area contributed by atoms with Crippen molar-refractivity contribution in [2.75, 3.05) is 0 Å². The van der Waals surface area contributed by atoms with Gasteiger partial charge in [-0.25, -0.2) is 0 Å². The van der Waals surface area contributed by atoms with Gasteiger partial charge >= 0.3 is 0 Å². The van der Waals surface area contributed by atoms with Crippen molar-refractivity contribution in [1.82, 2.24) is 0 Å². The van der Waals surface area contributed by atoms with Crippen LogP contribution in [0.15, 0.2) is 29.8 Å². The largest absolute Gasteiger partial charge is 0.384 e. The van der Waals surface area contributed by atoms with Crippen molar-refractivity contribution in [2.24, 2.45) is 10.8 Å². The van der Waals surface area contributed by atoms with Gasteiger partial charge in [0.15, 0.2) is 0 Å². The Balaban J connectivity index is 2.30. The molecule has 1 N–H and O–H groups in total. The average molecular weight is 284 g/mol. The Morgan fingerprint density at radius 1 is 1.05 bits per heavy atom. The van der Waals surface area contributed by atoms with Gasteiger partial charge in [-0.3, -0.25) is 9.59 Å². The molecule has 0 bridgehead atoms. The summed E-state index contributed by atoms with van der Waals surface area (Å²) in [4.78, 5) is 25.0. The summed E-state index contributed by atoms with van der Waals surface area (Å²) < 4.78 is 0. The number of hydrogen-bond acceptors (Lipinski definition) is 3. The van der Waals surface area contributed by atoms with Gasteiger partial charge in [0.1, 0.15) is 5.60 Å². The predicted molar refractivity (Wildman–Crippen MR) is 80.6 cm³/mol. The Morgan fingerprint density at radius 2 is 1.67 bits per heavy atom. The van der Waals surface area contributed by atoms with E-state index in [1.54, 1.807) is 19.9 Å². The van der Waals surface area contributed by atoms with Crippen LogP contribution in [0.1, 0.15) is 38.8 Å². The maximum Gasteiger partial charge on any atom is 0.228 e. The van der Waals surface area contributed by atoms with Gasteiger partial charge < -0.3 is 5.11 Å². The van der Waals surface area contributed by atoms with E-state index < -0.39 is 28.0 Å². The van der Waals surface area contributed by atoms with E-state index in [2.05, 4.69) is 0 Å². The number of Topliss-reactive ketones (excluding diaryl/α,β-unsaturated/α-hetero) is 2. The van der Waals surface area contributed by atoms with E-state index in [1.165, 1.54) is 0 Å². The second kappa shape index (κ2) is 3.92. The Morgan fingerprint density at radius 3 is 2.33 bits per heavy atom. The van der Waals surface area contributed by atoms with E-state index in [-0.39, 0.29) is 5.57 Å². The summed E-state index contributed by atoms with van der Waals surface area (Å²) in [6.07, 6.45) is 2.06. The molecule has 1 atom stereocenters. The number of aliphatic hydroxyl groups is 1. The number of carbonyl (C=O) groups is 2. The number of hydrogen-bond donors (Lipinski definition) is 1. The third-order valence-corrected chi connectivity index (χ3v) is 5.86. The van der Waals surface area contributed by atoms with E-state index in [0.29, 0.717) is 6.42 Å². The molecule has 0 spiro atoms. The predicted octanol–water partition coefficient (Wildman–Crippen LogP) is 2.56. The zero-order valence-corrected chi connectivity index (χ0v) is 12.9. The van der Waals surface area contributed by atoms with Crippen LogP contribution in [0.3, 0.4) is 0 Å². The maximum absolute atomic E-state index is 12.5. The van der Waals surface area contributed by atoms with Crippen LogP contribution in [0, 0.1) is 10.8 Å². The summed E-state index contributed by atoms with van der Waals surface area (Å²) in [5, 5.41) is 11.3. The quantitative estimate of drug-likeness (QED) is 0.745. The van der Waals surface area contributed by atoms with Crippen molar-refractivity contribution >= 4 is 17.6 Å². The Hall–Kier alpha value is -1.74. The molecule has 3 rings (SSSR count). The molecule has 2 aliphatic rings. The summed E-state index contributed by atoms with van der Waals surface area (Å²) in [5.41, 5.74) is -0.776. The van der Waals surface area contributed by atoms with E-state index in [4.69, 9.17) is 0 Å². The first-order valence-electron chi connectivity index (χ1n) is 7.24. The molecular formula is C18H20O3. The molecule has 1 unspecified atom stereocenters. The lowest BCUT2D eigenvalue weighted by Crippen LogP contribution is -2.65. The van der Waals surface area contributed by atoms with Gasteiger partial charge in [0.2, 0.25) is 11.6 Å². The normalized spacial score (nSPS) is 29.5. The van der Waals surface area contributed by atoms with E-state index in [9.17, 15) is 14.7 Å². The highest BCUT2D eigenvalue weighted by Gasteiger charge is 2.64. The highest BCUT2D eigenvalue weighted by molar-refractivity contribution is 6.47. The molecule has 2 aliphatic carbocycles. The third kappa shape index (κ3) is 1.53. The fourth-order valence-electron chi connectivity index (χ4n) is 3.50. The standard InChI is InChI=1S/C18H20O3/c1-16(2)15(20)14(19)13-9-11-7-5-6-8-12(11)10-18(13,21)17(16,3)4/h5-9,21H,10H2,1-4H3. The molecule has 1 fully saturated rings. The van der Waals surface area contributed by atoms with Crippen molar-refractivity contribution in [2.45, 2.75) is 39.7 Å². The third-order valence-electron chi connectivity index (χ3n) is 5.86. The van der Waals surface area contributed by atoms with Crippen molar-refractivity contribution in [3.63, 3.8) is 0 Å². The van der Waals surface area contributed by atoms with Crippen molar-refractivity contribution in [3.05, 3.63) is 41.0 Å². The van der Waals surface area contributed by atoms with Gasteiger partial charge in [0, 0.05) is 22.8 Å². The molecule has 0 aliphatic heterocycles. The zero-order valence-electron chi connectivity index (χ0n) is 12.9. The number of ketones is 2. The molecule has 3 nitrogen and oxygen atoms in total. The van der Waals surface area contributed by atoms with Gasteiger partial charge in [-0.1, -0.05) is 52.0 Å². The van der Waals surface area contributed by atoms with Crippen LogP contribution < -0.4 is 0 Å². The van der Waals surface area contributed by atoms with E-state index in [1.807, 2.05) is 38.1 Å². The molecule has 21 heavy (non-hydrogen) atoms. The summed E-state index contributed by atoms with van der Waals surface area (Å²) in [6, 6.07) is 7.69. The molecule has 0 amide bonds. The Kier molecular flexibility index (Phi) is 2.65. The van der Waals surface area contributed by atoms with Crippen LogP contribution in [0.2, 0.25) is 0 Å². The lowest BCUT2D eigenvalue weighted by Gasteiger charge is -2.56. The van der Waals surface area contributed by atoms with E-state index >= 15 is 0 Å². The van der Waals surface area contributed by atoms with Gasteiger partial charge in [0.25, 0.3) is 0 Å². The van der Waals surface area contributed by atoms with Crippen LogP contribution in [0.4, 0.5) is 0 Å². The summed E-state index contributed by atoms with van der Waals surface area (Å²) in [5.74, 6) is -0.959. The Labute approximate surface area is 124 Å². The van der Waals surface area contributed by atoms with Crippen LogP contribution >= 0.6 is 0 Å². The van der Waals surface area contributed by atoms with Crippen LogP contribution in [-0.2, 0) is 16.0 Å². The molecule has 0 aromatic heterocycles. The van der Waals surface area contributed by atoms with Gasteiger partial charge in [0.05, 0.1) is 0 Å². The molecule has 1 aromatic rings. The van der Waals surface area contributed by atoms with Crippen LogP contribution in [0.5, 0.6) is 0 Å². The maximum atomic E-state index is 12.5. The second-order valence-electron chi connectivity index (χ2n) is 7.20. The summed E-state index contributed by atoms with van der Waals surface area (Å²) >= 11 is 0. The van der Waals surface area contributed by atoms with Gasteiger partial charge in [-0.05, 0) is 17.2 Å². The molecule has 110 valence electrons. The topological polar surface area (TPSA) is 54.4 Å². The number of rotatable bonds is 0. The fraction of sp³-hybridized carbons (Fsp3) is 0.444. The second-order valence-corrected chi connectivity index (χ2v) is 7.20. The monoisotopic (exact) mass is 284 g/mol. The molecule has 0 radical (unpaired) electrons. The Bertz CT molecular complexity index is 694. The number of benzene rings is 1. The lowest BCUT2D eigenvalue weighted by molar-refractivity contribution is -0.166. The van der Waals surface area contributed by atoms with Crippen LogP contribution in [-0.4, -0.2) is 22.3 Å². The first kappa shape index (κ1) is 14.2. The van der Waals surface area contributed by atoms with Gasteiger partial charge in [-0.15, -0.1) is 0 Å². The molecule has 3 heteroatoms. The molecule has 0 saturated heterocycles. The minimum Gasteiger partial charge on any atom is -0.384 e. The van der Waals surface area contributed by atoms with Crippen molar-refractivity contribution in [3.8, 4) is 0 Å². The smallest absolute Gasteiger partial charge is 0.228 e. The van der Waals surface area contributed by atoms with Crippen molar-refractivity contribution < 1.29 is 14.7 Å². The molecular weight excluding hydrogens is 264 g/mol. The molecule has 1 saturated carbocycles. The minimum atomic E-state index is -1.31. The van der Waals surface area contributed by atoms with Gasteiger partial charge in [-0.2, -0.15) is 0 Å². The molecule has 0 heterocycles. The molecule has 1 aromatic carbocycles. The number of carbonyl (C=O) groups excluding carboxylic acids is 2. The highest BCUT2D eigenvalue weighted by atomic mass is 16.3. The summed E-state index contributed by atoms with van der Waals surface area (Å²) in [7, 11) is 0. The van der Waals surface area contributed by atoms with E-state index in [0.717, 1.165) is 11.1 Å². The zero-order chi connectivity index (χ0) is 15.6. The average Bonchev–Trinajstić information content (AvgIpc) is 2.43. The summed E-state index contributed by atoms with van der Waals surface area (Å²) in [6.45, 7) is 7.25. The first-order chi connectivity index (χ1) is 9.63. The lowest BCUT2D eigenvalue weighted by atomic mass is 9.48. The fourth-order valence-corrected chi connectivity index (χ4v) is 3.50. The highest BCUT2D eigenvalue weighted by Crippen LogP contribution is 2.57. The number of fused-ring (bicyclic) bond motifs is 2.